The topological polar surface area (TPSA) is 9.23 Å². The lowest BCUT2D eigenvalue weighted by Gasteiger charge is -2.05. The zero-order valence-corrected chi connectivity index (χ0v) is 11.0. The van der Waals surface area contributed by atoms with Gasteiger partial charge in [-0.3, -0.25) is 0 Å². The minimum Gasteiger partial charge on any atom is -0.495 e. The molecule has 1 heterocycles. The summed E-state index contributed by atoms with van der Waals surface area (Å²) in [5.74, 6) is 0.634. The Labute approximate surface area is 103 Å². The summed E-state index contributed by atoms with van der Waals surface area (Å²) in [6, 6.07) is 1.95. The van der Waals surface area contributed by atoms with E-state index in [1.165, 1.54) is 10.4 Å². The second kappa shape index (κ2) is 3.85. The third kappa shape index (κ3) is 1.61. The van der Waals surface area contributed by atoms with Crippen LogP contribution in [0.2, 0.25) is 10.0 Å². The number of halogens is 2. The minimum absolute atomic E-state index is 0.493. The highest BCUT2D eigenvalue weighted by Gasteiger charge is 2.15. The number of thiophene rings is 1. The SMILES string of the molecule is COc1cc2c(C)c(C)sc2c(Cl)c1Cl. The quantitative estimate of drug-likeness (QED) is 0.714. The Hall–Kier alpha value is -0.440. The van der Waals surface area contributed by atoms with E-state index in [-0.39, 0.29) is 0 Å². The van der Waals surface area contributed by atoms with Crippen molar-refractivity contribution >= 4 is 44.6 Å². The molecule has 0 fully saturated rings. The summed E-state index contributed by atoms with van der Waals surface area (Å²) in [5, 5.41) is 2.21. The average molecular weight is 261 g/mol. The number of hydrogen-bond donors (Lipinski definition) is 0. The molecule has 0 aliphatic rings. The van der Waals surface area contributed by atoms with E-state index in [0.29, 0.717) is 15.8 Å². The molecule has 0 aliphatic carbocycles. The van der Waals surface area contributed by atoms with Gasteiger partial charge < -0.3 is 4.74 Å². The summed E-state index contributed by atoms with van der Waals surface area (Å²) < 4.78 is 6.23. The molecule has 0 aliphatic heterocycles. The van der Waals surface area contributed by atoms with Gasteiger partial charge in [0.1, 0.15) is 10.8 Å². The lowest BCUT2D eigenvalue weighted by atomic mass is 10.1. The second-order valence-electron chi connectivity index (χ2n) is 3.37. The van der Waals surface area contributed by atoms with E-state index in [0.717, 1.165) is 10.1 Å². The number of methoxy groups -OCH3 is 1. The van der Waals surface area contributed by atoms with E-state index in [9.17, 15) is 0 Å². The van der Waals surface area contributed by atoms with Crippen LogP contribution in [-0.2, 0) is 0 Å². The minimum atomic E-state index is 0.493. The monoisotopic (exact) mass is 260 g/mol. The fourth-order valence-corrected chi connectivity index (χ4v) is 3.21. The van der Waals surface area contributed by atoms with Gasteiger partial charge >= 0.3 is 0 Å². The molecule has 0 bridgehead atoms. The van der Waals surface area contributed by atoms with Crippen molar-refractivity contribution in [2.45, 2.75) is 13.8 Å². The molecule has 1 aromatic carbocycles. The van der Waals surface area contributed by atoms with Gasteiger partial charge in [0, 0.05) is 10.3 Å². The molecule has 0 unspecified atom stereocenters. The number of rotatable bonds is 1. The molecule has 2 rings (SSSR count). The highest BCUT2D eigenvalue weighted by Crippen LogP contribution is 2.43. The van der Waals surface area contributed by atoms with Gasteiger partial charge in [0.05, 0.1) is 16.8 Å². The molecule has 0 amide bonds. The largest absolute Gasteiger partial charge is 0.495 e. The Balaban J connectivity index is 2.90. The molecule has 15 heavy (non-hydrogen) atoms. The molecule has 1 aromatic heterocycles. The van der Waals surface area contributed by atoms with Crippen LogP contribution in [0.4, 0.5) is 0 Å². The molecule has 2 aromatic rings. The van der Waals surface area contributed by atoms with Crippen molar-refractivity contribution in [2.24, 2.45) is 0 Å². The predicted octanol–water partition coefficient (Wildman–Crippen LogP) is 4.83. The zero-order chi connectivity index (χ0) is 11.2. The van der Waals surface area contributed by atoms with Gasteiger partial charge in [-0.1, -0.05) is 23.2 Å². The van der Waals surface area contributed by atoms with E-state index >= 15 is 0 Å². The third-order valence-electron chi connectivity index (χ3n) is 2.54. The van der Waals surface area contributed by atoms with Gasteiger partial charge in [-0.05, 0) is 25.5 Å². The van der Waals surface area contributed by atoms with Crippen molar-refractivity contribution in [1.82, 2.24) is 0 Å². The normalized spacial score (nSPS) is 11.0. The summed E-state index contributed by atoms with van der Waals surface area (Å²) in [6.45, 7) is 4.16. The molecule has 0 N–H and O–H groups in total. The van der Waals surface area contributed by atoms with Gasteiger partial charge in [0.2, 0.25) is 0 Å². The molecule has 0 saturated heterocycles. The molecule has 0 radical (unpaired) electrons. The van der Waals surface area contributed by atoms with E-state index in [1.54, 1.807) is 18.4 Å². The number of fused-ring (bicyclic) bond motifs is 1. The van der Waals surface area contributed by atoms with E-state index < -0.39 is 0 Å². The van der Waals surface area contributed by atoms with Crippen LogP contribution in [0.1, 0.15) is 10.4 Å². The molecule has 4 heteroatoms. The van der Waals surface area contributed by atoms with Crippen LogP contribution in [0.15, 0.2) is 6.07 Å². The molecule has 80 valence electrons. The first kappa shape index (κ1) is 11.1. The van der Waals surface area contributed by atoms with Crippen molar-refractivity contribution in [2.75, 3.05) is 7.11 Å². The van der Waals surface area contributed by atoms with E-state index in [1.807, 2.05) is 6.07 Å². The third-order valence-corrected chi connectivity index (χ3v) is 4.74. The maximum atomic E-state index is 6.19. The number of benzene rings is 1. The van der Waals surface area contributed by atoms with Crippen LogP contribution < -0.4 is 4.74 Å². The molecular weight excluding hydrogens is 251 g/mol. The maximum absolute atomic E-state index is 6.19. The van der Waals surface area contributed by atoms with Gasteiger partial charge in [-0.2, -0.15) is 0 Å². The Bertz CT molecular complexity index is 531. The summed E-state index contributed by atoms with van der Waals surface area (Å²) >= 11 is 13.9. The van der Waals surface area contributed by atoms with Crippen LogP contribution >= 0.6 is 34.5 Å². The molecule has 0 saturated carbocycles. The van der Waals surface area contributed by atoms with Gasteiger partial charge in [0.15, 0.2) is 0 Å². The Morgan fingerprint density at radius 3 is 2.47 bits per heavy atom. The molecular formula is C11H10Cl2OS. The van der Waals surface area contributed by atoms with Crippen molar-refractivity contribution in [3.8, 4) is 5.75 Å². The fourth-order valence-electron chi connectivity index (χ4n) is 1.53. The van der Waals surface area contributed by atoms with Crippen molar-refractivity contribution in [3.05, 3.63) is 26.6 Å². The first-order chi connectivity index (χ1) is 7.06. The van der Waals surface area contributed by atoms with Gasteiger partial charge in [-0.15, -0.1) is 11.3 Å². The predicted molar refractivity (Wildman–Crippen MR) is 67.9 cm³/mol. The zero-order valence-electron chi connectivity index (χ0n) is 8.65. The van der Waals surface area contributed by atoms with Crippen LogP contribution in [0.25, 0.3) is 10.1 Å². The lowest BCUT2D eigenvalue weighted by Crippen LogP contribution is -1.85. The van der Waals surface area contributed by atoms with Crippen molar-refractivity contribution in [1.29, 1.82) is 0 Å². The lowest BCUT2D eigenvalue weighted by molar-refractivity contribution is 0.415. The highest BCUT2D eigenvalue weighted by molar-refractivity contribution is 7.20. The Morgan fingerprint density at radius 1 is 1.20 bits per heavy atom. The summed E-state index contributed by atoms with van der Waals surface area (Å²) in [6.07, 6.45) is 0. The first-order valence-electron chi connectivity index (χ1n) is 4.48. The second-order valence-corrected chi connectivity index (χ2v) is 5.35. The van der Waals surface area contributed by atoms with Gasteiger partial charge in [-0.25, -0.2) is 0 Å². The average Bonchev–Trinajstić information content (AvgIpc) is 2.50. The first-order valence-corrected chi connectivity index (χ1v) is 6.05. The highest BCUT2D eigenvalue weighted by atomic mass is 35.5. The molecule has 1 nitrogen and oxygen atoms in total. The van der Waals surface area contributed by atoms with Crippen LogP contribution in [-0.4, -0.2) is 7.11 Å². The molecule has 0 spiro atoms. The smallest absolute Gasteiger partial charge is 0.139 e. The summed E-state index contributed by atoms with van der Waals surface area (Å²) in [5.41, 5.74) is 1.24. The number of aryl methyl sites for hydroxylation is 2. The summed E-state index contributed by atoms with van der Waals surface area (Å²) in [7, 11) is 1.60. The molecule has 0 atom stereocenters. The van der Waals surface area contributed by atoms with E-state index in [2.05, 4.69) is 13.8 Å². The summed E-state index contributed by atoms with van der Waals surface area (Å²) in [4.78, 5) is 1.26. The standard InChI is InChI=1S/C11H10Cl2OS/c1-5-6(2)15-11-7(5)4-8(14-3)9(12)10(11)13/h4H,1-3H3. The van der Waals surface area contributed by atoms with E-state index in [4.69, 9.17) is 27.9 Å². The van der Waals surface area contributed by atoms with Crippen molar-refractivity contribution in [3.63, 3.8) is 0 Å². The maximum Gasteiger partial charge on any atom is 0.139 e. The fraction of sp³-hybridized carbons (Fsp3) is 0.273. The van der Waals surface area contributed by atoms with Crippen LogP contribution in [0, 0.1) is 13.8 Å². The van der Waals surface area contributed by atoms with Crippen LogP contribution in [0.3, 0.4) is 0 Å². The van der Waals surface area contributed by atoms with Crippen LogP contribution in [0.5, 0.6) is 5.75 Å². The van der Waals surface area contributed by atoms with Gasteiger partial charge in [0.25, 0.3) is 0 Å². The van der Waals surface area contributed by atoms with Crippen molar-refractivity contribution < 1.29 is 4.74 Å². The number of hydrogen-bond acceptors (Lipinski definition) is 2. The number of ether oxygens (including phenoxy) is 1. The Morgan fingerprint density at radius 2 is 1.87 bits per heavy atom. The Kier molecular flexibility index (Phi) is 2.84.